The molecule has 0 fully saturated rings. The zero-order chi connectivity index (χ0) is 41.5. The average Bonchev–Trinajstić information content (AvgIpc) is 3.20. The molecule has 0 aromatic carbocycles. The molecule has 0 rings (SSSR count). The topological polar surface area (TPSA) is 105 Å². The molecule has 0 aromatic heterocycles. The first-order valence-corrected chi connectivity index (χ1v) is 24.7. The highest BCUT2D eigenvalue weighted by atomic mass is 16.5. The average molecular weight is 807 g/mol. The summed E-state index contributed by atoms with van der Waals surface area (Å²) in [6.45, 7) is 9.79. The Labute approximate surface area is 352 Å². The molecule has 57 heavy (non-hydrogen) atoms. The molecule has 8 nitrogen and oxygen atoms in total. The third kappa shape index (κ3) is 45.1. The fourth-order valence-electron chi connectivity index (χ4n) is 7.52. The summed E-state index contributed by atoms with van der Waals surface area (Å²) in [5.41, 5.74) is 0. The van der Waals surface area contributed by atoms with Crippen LogP contribution in [-0.2, 0) is 23.9 Å². The van der Waals surface area contributed by atoms with Gasteiger partial charge in [-0.15, -0.1) is 0 Å². The summed E-state index contributed by atoms with van der Waals surface area (Å²) in [6, 6.07) is 0. The molecule has 0 radical (unpaired) electrons. The molecule has 0 aliphatic rings. The fourth-order valence-corrected chi connectivity index (χ4v) is 7.52. The van der Waals surface area contributed by atoms with E-state index >= 15 is 0 Å². The van der Waals surface area contributed by atoms with Gasteiger partial charge in [-0.05, 0) is 77.7 Å². The number of esters is 1. The Morgan fingerprint density at radius 1 is 0.456 bits per heavy atom. The number of unbranched alkanes of at least 4 members (excludes halogenated alkanes) is 27. The summed E-state index contributed by atoms with van der Waals surface area (Å²) in [6.07, 6.45) is 42.4. The Hall–Kier alpha value is -1.89. The summed E-state index contributed by atoms with van der Waals surface area (Å²) in [5.74, 6) is 1.55. The van der Waals surface area contributed by atoms with Crippen molar-refractivity contribution in [3.63, 3.8) is 0 Å². The number of allylic oxidation sites excluding steroid dienone is 1. The Kier molecular flexibility index (Phi) is 45.2. The van der Waals surface area contributed by atoms with Crippen LogP contribution in [0.2, 0.25) is 0 Å². The van der Waals surface area contributed by atoms with E-state index < -0.39 is 5.97 Å². The highest BCUT2D eigenvalue weighted by molar-refractivity contribution is 5.69. The third-order valence-corrected chi connectivity index (χ3v) is 11.2. The van der Waals surface area contributed by atoms with Crippen LogP contribution in [0.15, 0.2) is 5.76 Å². The van der Waals surface area contributed by atoms with Crippen molar-refractivity contribution in [1.29, 1.82) is 0 Å². The Morgan fingerprint density at radius 3 is 1.28 bits per heavy atom. The Balaban J connectivity index is 3.79. The van der Waals surface area contributed by atoms with Crippen LogP contribution >= 0.6 is 0 Å². The maximum Gasteiger partial charge on any atom is 0.305 e. The maximum atomic E-state index is 12.3. The smallest absolute Gasteiger partial charge is 0.305 e. The lowest BCUT2D eigenvalue weighted by molar-refractivity contribution is -0.144. The van der Waals surface area contributed by atoms with E-state index in [0.717, 1.165) is 84.1 Å². The molecule has 0 saturated carbocycles. The number of carbonyl (C=O) groups is 2. The lowest BCUT2D eigenvalue weighted by Crippen LogP contribution is -2.29. The van der Waals surface area contributed by atoms with Crippen molar-refractivity contribution < 1.29 is 29.0 Å². The number of carboxylic acid groups (broad SMARTS) is 1. The first kappa shape index (κ1) is 55.1. The molecular formula is C49H94N2O6. The molecule has 2 N–H and O–H groups in total. The number of rotatable bonds is 48. The number of aliphatic carboxylic acids is 1. The molecule has 0 unspecified atom stereocenters. The summed E-state index contributed by atoms with van der Waals surface area (Å²) in [5, 5.41) is 12.6. The van der Waals surface area contributed by atoms with E-state index in [9.17, 15) is 14.4 Å². The minimum atomic E-state index is -0.765. The van der Waals surface area contributed by atoms with Crippen molar-refractivity contribution in [2.75, 3.05) is 45.9 Å². The second-order valence-electron chi connectivity index (χ2n) is 16.8. The summed E-state index contributed by atoms with van der Waals surface area (Å²) < 4.78 is 11.2. The first-order valence-electron chi connectivity index (χ1n) is 24.7. The monoisotopic (exact) mass is 807 g/mol. The van der Waals surface area contributed by atoms with Gasteiger partial charge in [-0.2, -0.15) is 0 Å². The van der Waals surface area contributed by atoms with Crippen molar-refractivity contribution in [2.45, 2.75) is 245 Å². The van der Waals surface area contributed by atoms with E-state index in [2.05, 4.69) is 24.1 Å². The molecule has 8 heteroatoms. The van der Waals surface area contributed by atoms with E-state index in [1.807, 2.05) is 5.94 Å². The van der Waals surface area contributed by atoms with Crippen LogP contribution in [0.3, 0.4) is 0 Å². The van der Waals surface area contributed by atoms with Crippen molar-refractivity contribution in [1.82, 2.24) is 10.2 Å². The number of carboxylic acids is 1. The van der Waals surface area contributed by atoms with Gasteiger partial charge in [0.1, 0.15) is 0 Å². The van der Waals surface area contributed by atoms with Crippen molar-refractivity contribution in [2.24, 2.45) is 0 Å². The van der Waals surface area contributed by atoms with Gasteiger partial charge in [-0.3, -0.25) is 9.59 Å². The van der Waals surface area contributed by atoms with E-state index in [1.54, 1.807) is 0 Å². The van der Waals surface area contributed by atoms with Crippen molar-refractivity contribution >= 4 is 17.9 Å². The highest BCUT2D eigenvalue weighted by Crippen LogP contribution is 2.15. The molecule has 336 valence electrons. The predicted molar refractivity (Wildman–Crippen MR) is 241 cm³/mol. The van der Waals surface area contributed by atoms with Crippen LogP contribution in [-0.4, -0.2) is 73.8 Å². The van der Waals surface area contributed by atoms with Crippen molar-refractivity contribution in [3.8, 4) is 0 Å². The molecule has 0 bridgehead atoms. The number of nitrogens with zero attached hydrogens (tertiary/aromatic N) is 1. The minimum absolute atomic E-state index is 0.117. The lowest BCUT2D eigenvalue weighted by atomic mass is 10.0. The highest BCUT2D eigenvalue weighted by Gasteiger charge is 2.09. The molecule has 0 heterocycles. The number of hydrogen-bond acceptors (Lipinski definition) is 7. The minimum Gasteiger partial charge on any atom is -0.487 e. The maximum absolute atomic E-state index is 12.3. The van der Waals surface area contributed by atoms with Crippen LogP contribution < -0.4 is 5.32 Å². The summed E-state index contributed by atoms with van der Waals surface area (Å²) in [4.78, 5) is 37.0. The van der Waals surface area contributed by atoms with Gasteiger partial charge in [0.2, 0.25) is 0 Å². The van der Waals surface area contributed by atoms with E-state index in [1.165, 1.54) is 154 Å². The number of nitrogens with one attached hydrogen (secondary N) is 1. The predicted octanol–water partition coefficient (Wildman–Crippen LogP) is 13.3. The van der Waals surface area contributed by atoms with Gasteiger partial charge in [-0.25, -0.2) is 4.79 Å². The number of ether oxygens (including phenoxy) is 2. The van der Waals surface area contributed by atoms with Gasteiger partial charge in [0, 0.05) is 19.3 Å². The van der Waals surface area contributed by atoms with E-state index in [4.69, 9.17) is 14.6 Å². The van der Waals surface area contributed by atoms with Crippen LogP contribution in [0.1, 0.15) is 245 Å². The zero-order valence-corrected chi connectivity index (χ0v) is 37.8. The van der Waals surface area contributed by atoms with Crippen LogP contribution in [0.25, 0.3) is 0 Å². The van der Waals surface area contributed by atoms with Crippen LogP contribution in [0, 0.1) is 0 Å². The van der Waals surface area contributed by atoms with Gasteiger partial charge in [0.25, 0.3) is 0 Å². The second kappa shape index (κ2) is 46.8. The lowest BCUT2D eigenvalue weighted by Gasteiger charge is -2.22. The quantitative estimate of drug-likeness (QED) is 0.0271. The third-order valence-electron chi connectivity index (χ3n) is 11.2. The fraction of sp³-hybridized carbons (Fsp3) is 0.918. The van der Waals surface area contributed by atoms with Gasteiger partial charge < -0.3 is 24.8 Å². The molecule has 0 amide bonds. The van der Waals surface area contributed by atoms with Gasteiger partial charge in [0.05, 0.1) is 13.2 Å². The molecule has 0 aromatic rings. The molecular weight excluding hydrogens is 713 g/mol. The zero-order valence-electron chi connectivity index (χ0n) is 37.8. The number of carbonyl (C=O) groups excluding carboxylic acids is 2. The van der Waals surface area contributed by atoms with E-state index in [-0.39, 0.29) is 12.4 Å². The summed E-state index contributed by atoms with van der Waals surface area (Å²) in [7, 11) is 0. The molecule has 0 aliphatic carbocycles. The van der Waals surface area contributed by atoms with Crippen LogP contribution in [0.4, 0.5) is 0 Å². The molecule has 0 saturated heterocycles. The summed E-state index contributed by atoms with van der Waals surface area (Å²) >= 11 is 0. The standard InChI is InChI=1S/C49H94N2O6/c1-3-5-7-9-11-13-14-15-16-17-18-19-20-21-22-24-26-28-32-45-57-49(55)38-35-43-51(42-34-37-48(53)54)41-30-29-39-50-40-33-36-47(46-52)56-44-31-27-25-23-12-10-8-6-4-2/h50H,3-45H2,1-2H3,(H,53,54). The van der Waals surface area contributed by atoms with Gasteiger partial charge in [-0.1, -0.05) is 181 Å². The molecule has 0 atom stereocenters. The van der Waals surface area contributed by atoms with E-state index in [0.29, 0.717) is 38.2 Å². The van der Waals surface area contributed by atoms with Gasteiger partial charge >= 0.3 is 11.9 Å². The first-order chi connectivity index (χ1) is 28.0. The normalized spacial score (nSPS) is 11.3. The Bertz CT molecular complexity index is 908. The second-order valence-corrected chi connectivity index (χ2v) is 16.8. The van der Waals surface area contributed by atoms with Crippen LogP contribution in [0.5, 0.6) is 0 Å². The SMILES string of the molecule is CCCCCCCCCCCCCCCCCCCCCOC(=O)CCCN(CCCCNCCCC(=C=O)OCCCCCCCCCCC)CCCC(=O)O. The number of hydrogen-bond donors (Lipinski definition) is 2. The van der Waals surface area contributed by atoms with Crippen molar-refractivity contribution in [3.05, 3.63) is 5.76 Å². The molecule has 0 aliphatic heterocycles. The Morgan fingerprint density at radius 2 is 0.842 bits per heavy atom. The largest absolute Gasteiger partial charge is 0.487 e. The van der Waals surface area contributed by atoms with Gasteiger partial charge in [0.15, 0.2) is 11.7 Å². The molecule has 0 spiro atoms.